The Labute approximate surface area is 617 Å². The van der Waals surface area contributed by atoms with Crippen LogP contribution < -0.4 is 18.3 Å². The van der Waals surface area contributed by atoms with E-state index in [4.69, 9.17) is 15.1 Å². The zero-order valence-electron chi connectivity index (χ0n) is 74.2. The summed E-state index contributed by atoms with van der Waals surface area (Å²) < 4.78 is 97.8. The SMILES string of the molecule is Cc1cc(C)c(-c2cc(C(C)C)c(C)c[n+]2C)cc1-c1ccccc1.Cc1cc(C)c(-c2cc(C)c(C(C)C)c[n+]2C)cc1-c1ccccc1.[2H]C([2H])([2H])c1cc(C)c(-c2cc(C([2H])([2H])C)c(C([2H])([2H])C)c[n+]2C)cc1-c1ccccc1.[2H]C([2H])([2H])c1cc(C)c(-c2cc(C)c(C([2H])(C)C)c[n+]2C)cc1-c1ccccc1. The van der Waals surface area contributed by atoms with Crippen molar-refractivity contribution >= 4 is 0 Å². The van der Waals surface area contributed by atoms with Gasteiger partial charge in [0.25, 0.3) is 0 Å². The van der Waals surface area contributed by atoms with E-state index in [1.54, 1.807) is 36.0 Å². The van der Waals surface area contributed by atoms with Gasteiger partial charge in [0.2, 0.25) is 22.8 Å². The minimum absolute atomic E-state index is 0.264. The maximum atomic E-state index is 8.40. The van der Waals surface area contributed by atoms with Gasteiger partial charge in [-0.2, -0.15) is 0 Å². The van der Waals surface area contributed by atoms with Gasteiger partial charge in [0.1, 0.15) is 28.2 Å². The third-order valence-electron chi connectivity index (χ3n) is 19.4. The third-order valence-corrected chi connectivity index (χ3v) is 19.4. The first-order valence-corrected chi connectivity index (χ1v) is 35.1. The molecular weight excluding hydrogens is 1210 g/mol. The molecular formula is C96H112N4+4. The summed E-state index contributed by atoms with van der Waals surface area (Å²) >= 11 is 0. The molecule has 0 aliphatic rings. The quantitative estimate of drug-likeness (QED) is 0.102. The van der Waals surface area contributed by atoms with E-state index in [-0.39, 0.29) is 16.7 Å². The largest absolute Gasteiger partial charge is 0.212 e. The van der Waals surface area contributed by atoms with Crippen molar-refractivity contribution in [3.05, 3.63) is 308 Å². The highest BCUT2D eigenvalue weighted by molar-refractivity contribution is 5.80. The predicted octanol–water partition coefficient (Wildman–Crippen LogP) is 23.3. The second-order valence-electron chi connectivity index (χ2n) is 27.9. The lowest BCUT2D eigenvalue weighted by molar-refractivity contribution is -0.661. The van der Waals surface area contributed by atoms with E-state index in [0.717, 1.165) is 55.8 Å². The second-order valence-corrected chi connectivity index (χ2v) is 27.9. The first-order chi connectivity index (χ1) is 51.8. The van der Waals surface area contributed by atoms with Crippen LogP contribution in [0.25, 0.3) is 89.5 Å². The van der Waals surface area contributed by atoms with Crippen LogP contribution in [-0.2, 0) is 40.9 Å². The number of rotatable bonds is 13. The molecule has 0 bridgehead atoms. The topological polar surface area (TPSA) is 15.5 Å². The summed E-state index contributed by atoms with van der Waals surface area (Å²) in [5.74, 6) is 0.383. The number of benzene rings is 8. The lowest BCUT2D eigenvalue weighted by atomic mass is 9.91. The molecule has 0 saturated carbocycles. The average Bonchev–Trinajstić information content (AvgIpc) is 0.765. The Bertz CT molecular complexity index is 5330. The molecule has 12 aromatic rings. The van der Waals surface area contributed by atoms with Crippen LogP contribution in [0.1, 0.15) is 177 Å². The lowest BCUT2D eigenvalue weighted by Crippen LogP contribution is -2.32. The summed E-state index contributed by atoms with van der Waals surface area (Å²) in [5.41, 5.74) is 32.6. The normalized spacial score (nSPS) is 13.4. The number of aromatic nitrogens is 4. The van der Waals surface area contributed by atoms with E-state index in [9.17, 15) is 0 Å². The van der Waals surface area contributed by atoms with Crippen molar-refractivity contribution < 1.29 is 33.3 Å². The van der Waals surface area contributed by atoms with Gasteiger partial charge in [0.15, 0.2) is 24.8 Å². The fourth-order valence-electron chi connectivity index (χ4n) is 14.0. The Balaban J connectivity index is 0.000000171. The summed E-state index contributed by atoms with van der Waals surface area (Å²) in [7, 11) is 8.07. The molecule has 0 aliphatic carbocycles. The minimum atomic E-state index is -2.29. The van der Waals surface area contributed by atoms with E-state index in [1.807, 2.05) is 125 Å². The van der Waals surface area contributed by atoms with Crippen LogP contribution >= 0.6 is 0 Å². The van der Waals surface area contributed by atoms with Crippen LogP contribution in [0, 0.1) is 76.0 Å². The van der Waals surface area contributed by atoms with Crippen molar-refractivity contribution in [1.82, 2.24) is 0 Å². The van der Waals surface area contributed by atoms with Crippen molar-refractivity contribution in [2.45, 2.75) is 162 Å². The van der Waals surface area contributed by atoms with Gasteiger partial charge in [-0.05, 0) is 242 Å². The minimum Gasteiger partial charge on any atom is -0.201 e. The zero-order chi connectivity index (χ0) is 81.9. The van der Waals surface area contributed by atoms with Gasteiger partial charge in [-0.1, -0.05) is 201 Å². The fraction of sp³-hybridized carbons (Fsp3) is 0.292. The molecule has 0 unspecified atom stereocenters. The summed E-state index contributed by atoms with van der Waals surface area (Å²) in [4.78, 5) is 0. The van der Waals surface area contributed by atoms with Crippen molar-refractivity contribution in [2.24, 2.45) is 28.2 Å². The highest BCUT2D eigenvalue weighted by Gasteiger charge is 2.24. The molecule has 4 heteroatoms. The maximum Gasteiger partial charge on any atom is 0.212 e. The molecule has 0 aliphatic heterocycles. The monoisotopic (exact) mass is 1330 g/mol. The summed E-state index contributed by atoms with van der Waals surface area (Å²) in [6, 6.07) is 65.5. The molecule has 4 heterocycles. The molecule has 0 amide bonds. The van der Waals surface area contributed by atoms with Gasteiger partial charge in [0.05, 0.1) is 0 Å². The first kappa shape index (κ1) is 60.3. The smallest absolute Gasteiger partial charge is 0.201 e. The van der Waals surface area contributed by atoms with Crippen LogP contribution in [0.3, 0.4) is 0 Å². The fourth-order valence-corrected chi connectivity index (χ4v) is 14.0. The number of hydrogen-bond donors (Lipinski definition) is 0. The third kappa shape index (κ3) is 17.1. The summed E-state index contributed by atoms with van der Waals surface area (Å²) in [6.45, 7) is 30.3. The lowest BCUT2D eigenvalue weighted by Gasteiger charge is -2.14. The van der Waals surface area contributed by atoms with Gasteiger partial charge in [-0.3, -0.25) is 0 Å². The maximum absolute atomic E-state index is 8.40. The molecule has 0 saturated heterocycles. The highest BCUT2D eigenvalue weighted by Crippen LogP contribution is 2.37. The molecule has 4 nitrogen and oxygen atoms in total. The van der Waals surface area contributed by atoms with E-state index in [2.05, 4.69) is 208 Å². The molecule has 0 radical (unpaired) electrons. The van der Waals surface area contributed by atoms with Crippen LogP contribution in [0.15, 0.2) is 219 Å². The van der Waals surface area contributed by atoms with Crippen molar-refractivity contribution in [3.63, 3.8) is 0 Å². The molecule has 4 aromatic heterocycles. The molecule has 0 fully saturated rings. The summed E-state index contributed by atoms with van der Waals surface area (Å²) in [6.07, 6.45) is 4.71. The Kier molecular flexibility index (Phi) is 19.9. The highest BCUT2D eigenvalue weighted by atomic mass is 14.9. The molecule has 12 rings (SSSR count). The molecule has 0 N–H and O–H groups in total. The first-order valence-electron chi connectivity index (χ1n) is 40.6. The van der Waals surface area contributed by atoms with Crippen molar-refractivity contribution in [2.75, 3.05) is 0 Å². The number of nitrogens with zero attached hydrogens (tertiary/aromatic N) is 4. The van der Waals surface area contributed by atoms with E-state index in [1.165, 1.54) is 103 Å². The number of aryl methyl sites for hydroxylation is 17. The molecule has 0 atom stereocenters. The average molecular weight is 1330 g/mol. The van der Waals surface area contributed by atoms with Crippen LogP contribution in [0.5, 0.6) is 0 Å². The van der Waals surface area contributed by atoms with Crippen LogP contribution in [0.4, 0.5) is 0 Å². The van der Waals surface area contributed by atoms with Crippen LogP contribution in [-0.4, -0.2) is 0 Å². The molecule has 512 valence electrons. The number of pyridine rings is 4. The van der Waals surface area contributed by atoms with Gasteiger partial charge < -0.3 is 0 Å². The van der Waals surface area contributed by atoms with Crippen LogP contribution in [0.2, 0.25) is 0 Å². The van der Waals surface area contributed by atoms with Gasteiger partial charge >= 0.3 is 0 Å². The molecule has 0 spiro atoms. The van der Waals surface area contributed by atoms with E-state index in [0.29, 0.717) is 28.7 Å². The zero-order valence-corrected chi connectivity index (χ0v) is 63.2. The Morgan fingerprint density at radius 3 is 0.920 bits per heavy atom. The second kappa shape index (κ2) is 33.0. The number of hydrogen-bond acceptors (Lipinski definition) is 0. The Morgan fingerprint density at radius 2 is 0.580 bits per heavy atom. The predicted molar refractivity (Wildman–Crippen MR) is 427 cm³/mol. The Morgan fingerprint density at radius 1 is 0.290 bits per heavy atom. The van der Waals surface area contributed by atoms with Gasteiger partial charge in [-0.25, -0.2) is 18.3 Å². The Hall–Kier alpha value is -9.64. The van der Waals surface area contributed by atoms with E-state index >= 15 is 0 Å². The molecule has 100 heavy (non-hydrogen) atoms. The van der Waals surface area contributed by atoms with Crippen molar-refractivity contribution in [1.29, 1.82) is 0 Å². The van der Waals surface area contributed by atoms with Gasteiger partial charge in [0, 0.05) is 83.9 Å². The van der Waals surface area contributed by atoms with E-state index < -0.39 is 32.3 Å². The van der Waals surface area contributed by atoms with Gasteiger partial charge in [-0.15, -0.1) is 0 Å². The standard InChI is InChI=1S/4C24H28N/c1-16(2)21-14-24(25(6)15-19(21)5)23-13-22(17(3)12-18(23)4)20-10-8-7-9-11-20;2*1-16(2)23-15-25(6)24(13-19(23)5)22-14-21(17(3)12-18(22)4)20-10-8-7-9-11-20;1-6-19-14-24(25(5)16-20(19)7-2)23-15-22(17(3)13-18(23)4)21-11-9-8-10-12-21/h3*7-16H,1-6H3;8-16H,6-7H2,1-5H3/q4*+1/i;3D3,16D;;3D3,6D2,7D2. The summed E-state index contributed by atoms with van der Waals surface area (Å²) in [5, 5.41) is 0. The van der Waals surface area contributed by atoms with Crippen molar-refractivity contribution in [3.8, 4) is 89.5 Å². The molecule has 8 aromatic carbocycles.